The van der Waals surface area contributed by atoms with Gasteiger partial charge in [-0.3, -0.25) is 19.6 Å². The van der Waals surface area contributed by atoms with Gasteiger partial charge in [-0.05, 0) is 188 Å². The Bertz CT molecular complexity index is 2780. The molecule has 0 aromatic heterocycles. The van der Waals surface area contributed by atoms with Crippen LogP contribution in [0.3, 0.4) is 0 Å². The Labute approximate surface area is 718 Å². The maximum atomic E-state index is 13.8. The Morgan fingerprint density at radius 3 is 0.566 bits per heavy atom. The van der Waals surface area contributed by atoms with E-state index in [1.807, 2.05) is 0 Å². The van der Waals surface area contributed by atoms with Gasteiger partial charge in [0.05, 0.1) is 0 Å². The molecule has 4 aliphatic heterocycles. The Hall–Kier alpha value is -1.48. The smallest absolute Gasteiger partial charge is 0.872 e. The van der Waals surface area contributed by atoms with Gasteiger partial charge in [0.25, 0.3) is 0 Å². The van der Waals surface area contributed by atoms with E-state index in [-0.39, 0.29) is 147 Å². The summed E-state index contributed by atoms with van der Waals surface area (Å²) in [5, 5.41) is 74.3. The average molecular weight is 1740 g/mol. The van der Waals surface area contributed by atoms with Gasteiger partial charge in [-0.2, -0.15) is 0 Å². The number of rotatable bonds is 16. The van der Waals surface area contributed by atoms with E-state index < -0.39 is 12.2 Å². The number of benzene rings is 4. The second-order valence-corrected chi connectivity index (χ2v) is 40.3. The van der Waals surface area contributed by atoms with Crippen LogP contribution in [0.25, 0.3) is 0 Å². The summed E-state index contributed by atoms with van der Waals surface area (Å²) in [5.74, 6) is 0.867. The molecule has 0 unspecified atom stereocenters. The zero-order valence-electron chi connectivity index (χ0n) is 74.1. The molecular weight excluding hydrogens is 1580 g/mol. The van der Waals surface area contributed by atoms with Crippen molar-refractivity contribution in [1.29, 1.82) is 0 Å². The first-order chi connectivity index (χ1) is 47.6. The minimum absolute atomic E-state index is 0. The van der Waals surface area contributed by atoms with E-state index >= 15 is 0 Å². The van der Waals surface area contributed by atoms with Gasteiger partial charge in [0.15, 0.2) is 0 Å². The van der Waals surface area contributed by atoms with Crippen molar-refractivity contribution in [2.24, 2.45) is 0 Å². The molecule has 602 valence electrons. The molecule has 4 aliphatic rings. The molecule has 0 amide bonds. The molecule has 106 heavy (non-hydrogen) atoms. The van der Waals surface area contributed by atoms with Gasteiger partial charge < -0.3 is 30.6 Å². The molecule has 4 saturated heterocycles. The van der Waals surface area contributed by atoms with Crippen molar-refractivity contribution in [2.45, 2.75) is 430 Å². The van der Waals surface area contributed by atoms with Crippen LogP contribution in [0.4, 0.5) is 0 Å². The Morgan fingerprint density at radius 2 is 0.443 bits per heavy atom. The summed E-state index contributed by atoms with van der Waals surface area (Å²) >= 11 is 0. The van der Waals surface area contributed by atoms with Gasteiger partial charge in [0, 0.05) is 50.3 Å². The van der Waals surface area contributed by atoms with Crippen LogP contribution < -0.4 is 30.6 Å². The molecule has 4 aromatic carbocycles. The summed E-state index contributed by atoms with van der Waals surface area (Å²) in [6.07, 6.45) is 19.5. The summed E-state index contributed by atoms with van der Waals surface area (Å²) in [6.45, 7) is 75.0. The standard InChI is InChI=1S/2C38H60N2O2.2C6H14.2C3H7O.2Sm/c2*1-35(2,3)27-19-25(33(41)29(21-27)37(7,8)9)23-39-17-13-15-31(39)32-16-14-18-40(32)24-26-20-28(36(4,5)6)22-30(34(26)42)38(10,11)12;2*1-3-5-6-4-2;2*1-3(2)4;;/h2*19-22,31-32,41-42H,13-18,23-24H2,1-12H3;2*3-6H2,1-2H3;2*3H,1-2H3;;/q;;;;2*-1;2*+3/p-4/t2*31-,32+;;;;;;. The van der Waals surface area contributed by atoms with Crippen LogP contribution in [0.5, 0.6) is 23.0 Å². The largest absolute Gasteiger partial charge is 3.00 e. The molecular formula is C94H158N4O6Sm2. The number of unbranched alkanes of at least 4 members (excludes halogenated alkanes) is 6. The molecule has 12 heteroatoms. The third-order valence-corrected chi connectivity index (χ3v) is 21.3. The summed E-state index contributed by atoms with van der Waals surface area (Å²) in [5.41, 5.74) is 11.7. The minimum atomic E-state index is -0.417. The van der Waals surface area contributed by atoms with Crippen LogP contribution in [0.15, 0.2) is 48.5 Å². The number of hydrogen-bond acceptors (Lipinski definition) is 10. The predicted octanol–water partition coefficient (Wildman–Crippen LogP) is 20.0. The van der Waals surface area contributed by atoms with E-state index in [9.17, 15) is 30.6 Å². The maximum Gasteiger partial charge on any atom is 3.00 e. The van der Waals surface area contributed by atoms with Crippen molar-refractivity contribution in [3.05, 3.63) is 115 Å². The Kier molecular flexibility index (Phi) is 43.0. The van der Waals surface area contributed by atoms with E-state index in [2.05, 4.69) is 262 Å². The summed E-state index contributed by atoms with van der Waals surface area (Å²) in [6, 6.07) is 19.0. The van der Waals surface area contributed by atoms with Crippen LogP contribution in [0.1, 0.15) is 391 Å². The van der Waals surface area contributed by atoms with Gasteiger partial charge in [-0.1, -0.05) is 321 Å². The van der Waals surface area contributed by atoms with Gasteiger partial charge >= 0.3 is 80.8 Å². The molecule has 0 saturated carbocycles. The van der Waals surface area contributed by atoms with Crippen LogP contribution in [-0.2, 0) is 69.5 Å². The fraction of sp³-hybridized carbons (Fsp3) is 0.745. The summed E-state index contributed by atoms with van der Waals surface area (Å²) in [4.78, 5) is 10.3. The number of likely N-dealkylation sites (tertiary alicyclic amines) is 4. The van der Waals surface area contributed by atoms with Gasteiger partial charge in [-0.25, -0.2) is 0 Å². The van der Waals surface area contributed by atoms with Crippen LogP contribution >= 0.6 is 0 Å². The molecule has 4 heterocycles. The monoisotopic (exact) mass is 1740 g/mol. The molecule has 0 aliphatic carbocycles. The zero-order chi connectivity index (χ0) is 79.6. The van der Waals surface area contributed by atoms with Crippen LogP contribution in [0.2, 0.25) is 0 Å². The van der Waals surface area contributed by atoms with Crippen molar-refractivity contribution in [3.63, 3.8) is 0 Å². The first-order valence-corrected chi connectivity index (χ1v) is 41.3. The van der Waals surface area contributed by atoms with Crippen LogP contribution in [0, 0.1) is 80.8 Å². The third kappa shape index (κ3) is 32.4. The third-order valence-electron chi connectivity index (χ3n) is 21.3. The molecule has 4 aromatic rings. The fourth-order valence-electron chi connectivity index (χ4n) is 15.0. The SMILES string of the molecule is CC(C)(C)c1cc(CN2CCC[C@@H]2[C@@H]2CCCN2Cc2cc(C(C)(C)C)cc(C(C)(C)C)c2[O-])c([O-])c(C(C)(C)C)c1.CC(C)(C)c1cc(CN2CCC[C@@H]2[C@@H]2CCCN2Cc2cc(C(C)(C)C)cc(C(C)(C)C)c2[O-])c([O-])c(C(C)(C)C)c1.CC(C)[O-].CC(C)[O-].CCCCCC.CCCCCC.[Sm+3].[Sm+3]. The second-order valence-electron chi connectivity index (χ2n) is 40.3. The van der Waals surface area contributed by atoms with Gasteiger partial charge in [0.2, 0.25) is 0 Å². The summed E-state index contributed by atoms with van der Waals surface area (Å²) < 4.78 is 0. The van der Waals surface area contributed by atoms with Crippen molar-refractivity contribution in [3.8, 4) is 23.0 Å². The van der Waals surface area contributed by atoms with E-state index in [1.54, 1.807) is 27.7 Å². The van der Waals surface area contributed by atoms with E-state index in [0.29, 0.717) is 50.3 Å². The van der Waals surface area contributed by atoms with E-state index in [0.717, 1.165) is 122 Å². The molecule has 4 fully saturated rings. The van der Waals surface area contributed by atoms with Gasteiger partial charge in [0.1, 0.15) is 0 Å². The fourth-order valence-corrected chi connectivity index (χ4v) is 15.0. The van der Waals surface area contributed by atoms with Crippen molar-refractivity contribution < 1.29 is 111 Å². The first kappa shape index (κ1) is 103. The zero-order valence-corrected chi connectivity index (χ0v) is 79.3. The minimum Gasteiger partial charge on any atom is -0.872 e. The molecule has 2 radical (unpaired) electrons. The molecule has 10 nitrogen and oxygen atoms in total. The molecule has 0 spiro atoms. The number of nitrogens with zero attached hydrogens (tertiary/aromatic N) is 4. The molecule has 8 rings (SSSR count). The predicted molar refractivity (Wildman–Crippen MR) is 437 cm³/mol. The molecule has 0 N–H and O–H groups in total. The second kappa shape index (κ2) is 44.4. The van der Waals surface area contributed by atoms with Crippen molar-refractivity contribution >= 4 is 0 Å². The molecule has 4 atom stereocenters. The van der Waals surface area contributed by atoms with Crippen molar-refractivity contribution in [2.75, 3.05) is 26.2 Å². The Morgan fingerprint density at radius 1 is 0.292 bits per heavy atom. The van der Waals surface area contributed by atoms with Gasteiger partial charge in [-0.15, -0.1) is 35.2 Å². The van der Waals surface area contributed by atoms with Crippen LogP contribution in [-0.4, -0.2) is 82.2 Å². The number of hydrogen-bond donors (Lipinski definition) is 0. The Balaban J connectivity index is 0.000000829. The van der Waals surface area contributed by atoms with E-state index in [1.165, 1.54) is 73.6 Å². The summed E-state index contributed by atoms with van der Waals surface area (Å²) in [7, 11) is 0. The maximum absolute atomic E-state index is 13.8. The van der Waals surface area contributed by atoms with Crippen molar-refractivity contribution in [1.82, 2.24) is 19.6 Å². The quantitative estimate of drug-likeness (QED) is 0.0992. The van der Waals surface area contributed by atoms with E-state index in [4.69, 9.17) is 0 Å². The average Bonchev–Trinajstić information content (AvgIpc) is 1.33. The topological polar surface area (TPSA) is 151 Å². The molecule has 0 bridgehead atoms. The first-order valence-electron chi connectivity index (χ1n) is 41.3. The normalized spacial score (nSPS) is 18.7.